The Morgan fingerprint density at radius 1 is 1.39 bits per heavy atom. The van der Waals surface area contributed by atoms with Crippen molar-refractivity contribution in [2.45, 2.75) is 25.5 Å². The molecule has 1 aliphatic rings. The molecule has 1 fully saturated rings. The molecule has 0 radical (unpaired) electrons. The molecule has 1 aromatic rings. The van der Waals surface area contributed by atoms with Crippen LogP contribution in [0.15, 0.2) is 24.3 Å². The highest BCUT2D eigenvalue weighted by atomic mass is 35.5. The minimum Gasteiger partial charge on any atom is -0.377 e. The fourth-order valence-corrected chi connectivity index (χ4v) is 2.56. The minimum absolute atomic E-state index is 0.360. The third-order valence-electron chi connectivity index (χ3n) is 3.28. The summed E-state index contributed by atoms with van der Waals surface area (Å²) in [5.74, 6) is 0. The summed E-state index contributed by atoms with van der Waals surface area (Å²) in [4.78, 5) is 2.33. The van der Waals surface area contributed by atoms with Crippen LogP contribution in [0, 0.1) is 0 Å². The predicted molar refractivity (Wildman–Crippen MR) is 74.8 cm³/mol. The molecule has 2 rings (SSSR count). The van der Waals surface area contributed by atoms with Crippen LogP contribution in [-0.2, 0) is 11.3 Å². The Bertz CT molecular complexity index is 367. The molecular weight excluding hydrogens is 248 g/mol. The van der Waals surface area contributed by atoms with Crippen LogP contribution >= 0.6 is 11.6 Å². The number of nitrogens with two attached hydrogens (primary N) is 1. The van der Waals surface area contributed by atoms with Gasteiger partial charge in [0.2, 0.25) is 0 Å². The maximum absolute atomic E-state index is 6.20. The van der Waals surface area contributed by atoms with Gasteiger partial charge in [-0.2, -0.15) is 0 Å². The summed E-state index contributed by atoms with van der Waals surface area (Å²) in [5.41, 5.74) is 6.84. The molecule has 18 heavy (non-hydrogen) atoms. The van der Waals surface area contributed by atoms with Gasteiger partial charge in [0, 0.05) is 37.8 Å². The van der Waals surface area contributed by atoms with Crippen LogP contribution in [-0.4, -0.2) is 37.2 Å². The van der Waals surface area contributed by atoms with Gasteiger partial charge in [-0.3, -0.25) is 4.90 Å². The number of nitrogens with zero attached hydrogens (tertiary/aromatic N) is 1. The van der Waals surface area contributed by atoms with Crippen molar-refractivity contribution < 1.29 is 4.74 Å². The molecule has 0 spiro atoms. The lowest BCUT2D eigenvalue weighted by molar-refractivity contribution is 0.0717. The molecule has 2 N–H and O–H groups in total. The molecule has 1 aromatic carbocycles. The second-order valence-electron chi connectivity index (χ2n) is 4.75. The molecule has 1 atom stereocenters. The monoisotopic (exact) mass is 268 g/mol. The highest BCUT2D eigenvalue weighted by molar-refractivity contribution is 6.31. The molecule has 0 saturated carbocycles. The van der Waals surface area contributed by atoms with E-state index in [9.17, 15) is 0 Å². The van der Waals surface area contributed by atoms with Crippen LogP contribution in [0.1, 0.15) is 18.4 Å². The molecule has 100 valence electrons. The van der Waals surface area contributed by atoms with Gasteiger partial charge < -0.3 is 10.5 Å². The number of hydrogen-bond acceptors (Lipinski definition) is 3. The number of benzene rings is 1. The van der Waals surface area contributed by atoms with E-state index in [2.05, 4.69) is 11.0 Å². The minimum atomic E-state index is 0.360. The molecule has 0 amide bonds. The van der Waals surface area contributed by atoms with Gasteiger partial charge in [0.25, 0.3) is 0 Å². The Kier molecular flexibility index (Phi) is 5.45. The van der Waals surface area contributed by atoms with E-state index in [4.69, 9.17) is 22.1 Å². The fraction of sp³-hybridized carbons (Fsp3) is 0.571. The van der Waals surface area contributed by atoms with E-state index in [0.29, 0.717) is 12.6 Å². The highest BCUT2D eigenvalue weighted by Crippen LogP contribution is 2.19. The Labute approximate surface area is 114 Å². The molecule has 4 heteroatoms. The second-order valence-corrected chi connectivity index (χ2v) is 5.16. The van der Waals surface area contributed by atoms with Crippen LogP contribution in [0.2, 0.25) is 5.02 Å². The largest absolute Gasteiger partial charge is 0.377 e. The highest BCUT2D eigenvalue weighted by Gasteiger charge is 2.19. The van der Waals surface area contributed by atoms with Gasteiger partial charge in [0.1, 0.15) is 0 Å². The van der Waals surface area contributed by atoms with Gasteiger partial charge in [0.05, 0.1) is 6.10 Å². The van der Waals surface area contributed by atoms with Gasteiger partial charge in [0.15, 0.2) is 0 Å². The summed E-state index contributed by atoms with van der Waals surface area (Å²) in [6.45, 7) is 4.23. The van der Waals surface area contributed by atoms with E-state index < -0.39 is 0 Å². The number of halogens is 1. The normalized spacial score (nSPS) is 19.6. The first kappa shape index (κ1) is 13.8. The third kappa shape index (κ3) is 3.95. The maximum atomic E-state index is 6.20. The van der Waals surface area contributed by atoms with E-state index >= 15 is 0 Å². The van der Waals surface area contributed by atoms with Crippen molar-refractivity contribution >= 4 is 11.6 Å². The fourth-order valence-electron chi connectivity index (χ4n) is 2.36. The number of hydrogen-bond donors (Lipinski definition) is 1. The van der Waals surface area contributed by atoms with Gasteiger partial charge in [-0.15, -0.1) is 0 Å². The molecule has 0 aliphatic carbocycles. The van der Waals surface area contributed by atoms with E-state index in [1.54, 1.807) is 0 Å². The van der Waals surface area contributed by atoms with Gasteiger partial charge >= 0.3 is 0 Å². The van der Waals surface area contributed by atoms with E-state index in [1.807, 2.05) is 18.2 Å². The first-order valence-electron chi connectivity index (χ1n) is 6.57. The summed E-state index contributed by atoms with van der Waals surface area (Å²) in [6, 6.07) is 7.98. The molecule has 1 saturated heterocycles. The smallest absolute Gasteiger partial charge is 0.0702 e. The SMILES string of the molecule is NCCN(Cc1ccccc1Cl)CC1CCCO1. The zero-order chi connectivity index (χ0) is 12.8. The summed E-state index contributed by atoms with van der Waals surface area (Å²) in [7, 11) is 0. The quantitative estimate of drug-likeness (QED) is 0.860. The van der Waals surface area contributed by atoms with Crippen LogP contribution in [0.25, 0.3) is 0 Å². The predicted octanol–water partition coefficient (Wildman–Crippen LogP) is 2.28. The zero-order valence-electron chi connectivity index (χ0n) is 10.6. The van der Waals surface area contributed by atoms with Crippen molar-refractivity contribution in [3.63, 3.8) is 0 Å². The van der Waals surface area contributed by atoms with Crippen LogP contribution < -0.4 is 5.73 Å². The maximum Gasteiger partial charge on any atom is 0.0702 e. The number of rotatable bonds is 6. The first-order chi connectivity index (χ1) is 8.79. The molecule has 1 heterocycles. The molecule has 0 bridgehead atoms. The Hall–Kier alpha value is -0.610. The molecule has 1 aliphatic heterocycles. The third-order valence-corrected chi connectivity index (χ3v) is 3.65. The van der Waals surface area contributed by atoms with Crippen LogP contribution in [0.4, 0.5) is 0 Å². The lowest BCUT2D eigenvalue weighted by atomic mass is 10.2. The van der Waals surface area contributed by atoms with Crippen molar-refractivity contribution in [2.75, 3.05) is 26.2 Å². The van der Waals surface area contributed by atoms with Crippen molar-refractivity contribution in [2.24, 2.45) is 5.73 Å². The summed E-state index contributed by atoms with van der Waals surface area (Å²) < 4.78 is 5.68. The van der Waals surface area contributed by atoms with Crippen molar-refractivity contribution in [1.82, 2.24) is 4.90 Å². The van der Waals surface area contributed by atoms with Crippen molar-refractivity contribution in [3.05, 3.63) is 34.9 Å². The standard InChI is InChI=1S/C14H21ClN2O/c15-14-6-2-1-4-12(14)10-17(8-7-16)11-13-5-3-9-18-13/h1-2,4,6,13H,3,5,7-11,16H2. The Morgan fingerprint density at radius 3 is 2.89 bits per heavy atom. The Balaban J connectivity index is 1.94. The van der Waals surface area contributed by atoms with Crippen LogP contribution in [0.5, 0.6) is 0 Å². The average Bonchev–Trinajstić information content (AvgIpc) is 2.85. The van der Waals surface area contributed by atoms with E-state index in [-0.39, 0.29) is 0 Å². The number of ether oxygens (including phenoxy) is 1. The Morgan fingerprint density at radius 2 is 2.22 bits per heavy atom. The molecule has 3 nitrogen and oxygen atoms in total. The lowest BCUT2D eigenvalue weighted by Gasteiger charge is -2.25. The second kappa shape index (κ2) is 7.10. The van der Waals surface area contributed by atoms with Gasteiger partial charge in [-0.25, -0.2) is 0 Å². The first-order valence-corrected chi connectivity index (χ1v) is 6.95. The van der Waals surface area contributed by atoms with E-state index in [1.165, 1.54) is 6.42 Å². The van der Waals surface area contributed by atoms with Gasteiger partial charge in [-0.05, 0) is 24.5 Å². The van der Waals surface area contributed by atoms with Gasteiger partial charge in [-0.1, -0.05) is 29.8 Å². The summed E-state index contributed by atoms with van der Waals surface area (Å²) >= 11 is 6.20. The summed E-state index contributed by atoms with van der Waals surface area (Å²) in [5, 5.41) is 0.826. The van der Waals surface area contributed by atoms with Crippen molar-refractivity contribution in [1.29, 1.82) is 0 Å². The van der Waals surface area contributed by atoms with E-state index in [0.717, 1.165) is 43.2 Å². The molecule has 1 unspecified atom stereocenters. The average molecular weight is 269 g/mol. The molecule has 0 aromatic heterocycles. The lowest BCUT2D eigenvalue weighted by Crippen LogP contribution is -2.35. The van der Waals surface area contributed by atoms with Crippen LogP contribution in [0.3, 0.4) is 0 Å². The topological polar surface area (TPSA) is 38.5 Å². The van der Waals surface area contributed by atoms with Crippen molar-refractivity contribution in [3.8, 4) is 0 Å². The molecular formula is C14H21ClN2O. The summed E-state index contributed by atoms with van der Waals surface area (Å²) in [6.07, 6.45) is 2.69. The zero-order valence-corrected chi connectivity index (χ0v) is 11.4.